The Hall–Kier alpha value is -2.98. The van der Waals surface area contributed by atoms with Gasteiger partial charge in [0.1, 0.15) is 5.69 Å². The summed E-state index contributed by atoms with van der Waals surface area (Å²) in [6, 6.07) is 19.9. The molecule has 4 aromatic rings. The lowest BCUT2D eigenvalue weighted by Gasteiger charge is -2.16. The average Bonchev–Trinajstić information content (AvgIpc) is 3.06. The molecule has 1 unspecified atom stereocenters. The summed E-state index contributed by atoms with van der Waals surface area (Å²) in [5.41, 5.74) is 12.4. The summed E-state index contributed by atoms with van der Waals surface area (Å²) in [4.78, 5) is 4.39. The maximum Gasteiger partial charge on any atom is 0.167 e. The van der Waals surface area contributed by atoms with Crippen molar-refractivity contribution in [3.63, 3.8) is 0 Å². The normalized spacial score (nSPS) is 12.4. The van der Waals surface area contributed by atoms with E-state index in [-0.39, 0.29) is 6.04 Å². The van der Waals surface area contributed by atoms with Gasteiger partial charge in [0.2, 0.25) is 0 Å². The van der Waals surface area contributed by atoms with Crippen LogP contribution in [0.5, 0.6) is 0 Å². The largest absolute Gasteiger partial charge is 0.356 e. The highest BCUT2D eigenvalue weighted by atomic mass is 16.5. The van der Waals surface area contributed by atoms with Crippen LogP contribution in [0.25, 0.3) is 22.2 Å². The number of para-hydroxylation sites is 1. The lowest BCUT2D eigenvalue weighted by Crippen LogP contribution is -2.15. The third-order valence-corrected chi connectivity index (χ3v) is 4.39. The maximum atomic E-state index is 6.55. The predicted molar refractivity (Wildman–Crippen MR) is 99.1 cm³/mol. The van der Waals surface area contributed by atoms with Crippen molar-refractivity contribution < 1.29 is 4.52 Å². The standard InChI is InChI=1S/C21H19N3O/c1-14-9-10-16(21-17-7-2-3-8-20(17)25-24-21)18(12-14)19(22)13-15-6-4-5-11-23-15/h2-12,19H,13,22H2,1H3. The van der Waals surface area contributed by atoms with Crippen LogP contribution in [-0.2, 0) is 6.42 Å². The van der Waals surface area contributed by atoms with Gasteiger partial charge >= 0.3 is 0 Å². The topological polar surface area (TPSA) is 64.9 Å². The first-order valence-electron chi connectivity index (χ1n) is 8.33. The summed E-state index contributed by atoms with van der Waals surface area (Å²) in [7, 11) is 0. The van der Waals surface area contributed by atoms with E-state index >= 15 is 0 Å². The van der Waals surface area contributed by atoms with Crippen molar-refractivity contribution in [1.29, 1.82) is 0 Å². The molecule has 2 aromatic heterocycles. The van der Waals surface area contributed by atoms with Gasteiger partial charge in [-0.25, -0.2) is 0 Å². The lowest BCUT2D eigenvalue weighted by molar-refractivity contribution is 0.459. The van der Waals surface area contributed by atoms with Gasteiger partial charge in [-0.05, 0) is 36.8 Å². The van der Waals surface area contributed by atoms with Crippen LogP contribution >= 0.6 is 0 Å². The van der Waals surface area contributed by atoms with E-state index < -0.39 is 0 Å². The molecular formula is C21H19N3O. The predicted octanol–water partition coefficient (Wildman–Crippen LogP) is 4.44. The van der Waals surface area contributed by atoms with Crippen molar-refractivity contribution in [2.45, 2.75) is 19.4 Å². The molecular weight excluding hydrogens is 310 g/mol. The first kappa shape index (κ1) is 15.5. The Balaban J connectivity index is 1.79. The highest BCUT2D eigenvalue weighted by Gasteiger charge is 2.18. The molecule has 4 rings (SSSR count). The lowest BCUT2D eigenvalue weighted by atomic mass is 9.93. The Morgan fingerprint density at radius 1 is 1.04 bits per heavy atom. The van der Waals surface area contributed by atoms with Gasteiger partial charge in [-0.15, -0.1) is 0 Å². The number of nitrogens with zero attached hydrogens (tertiary/aromatic N) is 2. The van der Waals surface area contributed by atoms with Gasteiger partial charge in [-0.1, -0.05) is 47.1 Å². The summed E-state index contributed by atoms with van der Waals surface area (Å²) in [5, 5.41) is 5.30. The monoisotopic (exact) mass is 329 g/mol. The van der Waals surface area contributed by atoms with Crippen LogP contribution in [0.4, 0.5) is 0 Å². The SMILES string of the molecule is Cc1ccc(-c2noc3ccccc23)c(C(N)Cc2ccccn2)c1. The third kappa shape index (κ3) is 3.04. The van der Waals surface area contributed by atoms with Crippen molar-refractivity contribution in [3.05, 3.63) is 83.7 Å². The second kappa shape index (κ2) is 6.49. The molecule has 0 aliphatic carbocycles. The molecule has 0 saturated carbocycles. The molecule has 124 valence electrons. The summed E-state index contributed by atoms with van der Waals surface area (Å²) in [6.45, 7) is 2.07. The van der Waals surface area contributed by atoms with E-state index in [0.717, 1.165) is 33.5 Å². The van der Waals surface area contributed by atoms with E-state index in [4.69, 9.17) is 10.3 Å². The van der Waals surface area contributed by atoms with Crippen LogP contribution in [0, 0.1) is 6.92 Å². The zero-order valence-electron chi connectivity index (χ0n) is 14.0. The van der Waals surface area contributed by atoms with Gasteiger partial charge in [0.05, 0.1) is 0 Å². The van der Waals surface area contributed by atoms with Gasteiger partial charge in [-0.2, -0.15) is 0 Å². The summed E-state index contributed by atoms with van der Waals surface area (Å²) >= 11 is 0. The molecule has 2 heterocycles. The number of benzene rings is 2. The molecule has 0 saturated heterocycles. The van der Waals surface area contributed by atoms with E-state index in [9.17, 15) is 0 Å². The van der Waals surface area contributed by atoms with Crippen LogP contribution in [0.15, 0.2) is 71.4 Å². The van der Waals surface area contributed by atoms with E-state index in [0.29, 0.717) is 6.42 Å². The molecule has 0 amide bonds. The van der Waals surface area contributed by atoms with Crippen LogP contribution in [0.3, 0.4) is 0 Å². The fraction of sp³-hybridized carbons (Fsp3) is 0.143. The molecule has 1 atom stereocenters. The van der Waals surface area contributed by atoms with E-state index in [1.165, 1.54) is 5.56 Å². The van der Waals surface area contributed by atoms with Crippen molar-refractivity contribution in [3.8, 4) is 11.3 Å². The second-order valence-electron chi connectivity index (χ2n) is 6.25. The molecule has 0 spiro atoms. The fourth-order valence-corrected chi connectivity index (χ4v) is 3.14. The van der Waals surface area contributed by atoms with Gasteiger partial charge in [-0.3, -0.25) is 4.98 Å². The second-order valence-corrected chi connectivity index (χ2v) is 6.25. The first-order valence-corrected chi connectivity index (χ1v) is 8.33. The minimum Gasteiger partial charge on any atom is -0.356 e. The molecule has 4 heteroatoms. The van der Waals surface area contributed by atoms with E-state index in [1.807, 2.05) is 42.5 Å². The number of aryl methyl sites for hydroxylation is 1. The quantitative estimate of drug-likeness (QED) is 0.601. The Morgan fingerprint density at radius 2 is 1.88 bits per heavy atom. The third-order valence-electron chi connectivity index (χ3n) is 4.39. The Bertz CT molecular complexity index is 1010. The molecule has 2 aromatic carbocycles. The van der Waals surface area contributed by atoms with E-state index in [2.05, 4.69) is 35.3 Å². The molecule has 0 aliphatic heterocycles. The van der Waals surface area contributed by atoms with Crippen LogP contribution in [0.1, 0.15) is 22.9 Å². The average molecular weight is 329 g/mol. The van der Waals surface area contributed by atoms with Gasteiger partial charge in [0.25, 0.3) is 0 Å². The van der Waals surface area contributed by atoms with Gasteiger partial charge in [0.15, 0.2) is 5.58 Å². The molecule has 0 aliphatic rings. The first-order chi connectivity index (χ1) is 12.2. The van der Waals surface area contributed by atoms with Gasteiger partial charge in [0, 0.05) is 35.3 Å². The number of fused-ring (bicyclic) bond motifs is 1. The number of hydrogen-bond acceptors (Lipinski definition) is 4. The zero-order chi connectivity index (χ0) is 17.2. The number of pyridine rings is 1. The fourth-order valence-electron chi connectivity index (χ4n) is 3.14. The number of rotatable bonds is 4. The highest BCUT2D eigenvalue weighted by molar-refractivity contribution is 5.92. The smallest absolute Gasteiger partial charge is 0.167 e. The van der Waals surface area contributed by atoms with Crippen molar-refractivity contribution >= 4 is 11.0 Å². The van der Waals surface area contributed by atoms with Crippen LogP contribution in [0.2, 0.25) is 0 Å². The number of hydrogen-bond donors (Lipinski definition) is 1. The minimum absolute atomic E-state index is 0.166. The van der Waals surface area contributed by atoms with Crippen LogP contribution in [-0.4, -0.2) is 10.1 Å². The van der Waals surface area contributed by atoms with Crippen molar-refractivity contribution in [2.24, 2.45) is 5.73 Å². The number of nitrogens with two attached hydrogens (primary N) is 1. The van der Waals surface area contributed by atoms with Gasteiger partial charge < -0.3 is 10.3 Å². The highest BCUT2D eigenvalue weighted by Crippen LogP contribution is 2.33. The maximum absolute atomic E-state index is 6.55. The van der Waals surface area contributed by atoms with Crippen molar-refractivity contribution in [1.82, 2.24) is 10.1 Å². The van der Waals surface area contributed by atoms with Crippen molar-refractivity contribution in [2.75, 3.05) is 0 Å². The Kier molecular flexibility index (Phi) is 4.04. The summed E-state index contributed by atoms with van der Waals surface area (Å²) in [6.07, 6.45) is 2.47. The van der Waals surface area contributed by atoms with Crippen LogP contribution < -0.4 is 5.73 Å². The molecule has 25 heavy (non-hydrogen) atoms. The molecule has 0 bridgehead atoms. The Labute approximate surface area is 146 Å². The number of aromatic nitrogens is 2. The molecule has 2 N–H and O–H groups in total. The molecule has 4 nitrogen and oxygen atoms in total. The zero-order valence-corrected chi connectivity index (χ0v) is 14.0. The minimum atomic E-state index is -0.166. The Morgan fingerprint density at radius 3 is 2.72 bits per heavy atom. The van der Waals surface area contributed by atoms with E-state index in [1.54, 1.807) is 6.20 Å². The molecule has 0 fully saturated rings. The molecule has 0 radical (unpaired) electrons. The summed E-state index contributed by atoms with van der Waals surface area (Å²) < 4.78 is 5.48. The summed E-state index contributed by atoms with van der Waals surface area (Å²) in [5.74, 6) is 0.